The van der Waals surface area contributed by atoms with Crippen molar-refractivity contribution in [2.24, 2.45) is 0 Å². The molecule has 2 aliphatic rings. The van der Waals surface area contributed by atoms with Gasteiger partial charge in [0, 0.05) is 0 Å². The SMILES string of the molecule is [2H]C([2H])(O)[C@H]1O[C@@](CO)(O[C@H]2O[C@H](CO)[C@@H](O)[C@H](O)[C@H]2O)[C@@H](O)[C@@H]1O. The molecule has 0 aromatic carbocycles. The molecule has 0 bridgehead atoms. The van der Waals surface area contributed by atoms with Crippen molar-refractivity contribution in [1.82, 2.24) is 0 Å². The summed E-state index contributed by atoms with van der Waals surface area (Å²) in [6, 6.07) is 0. The fourth-order valence-corrected chi connectivity index (χ4v) is 2.51. The minimum Gasteiger partial charge on any atom is -0.394 e. The second-order valence-electron chi connectivity index (χ2n) is 5.39. The van der Waals surface area contributed by atoms with Crippen molar-refractivity contribution < 1.29 is 57.8 Å². The predicted molar refractivity (Wildman–Crippen MR) is 68.6 cm³/mol. The Bertz CT molecular complexity index is 461. The highest BCUT2D eigenvalue weighted by atomic mass is 16.8. The van der Waals surface area contributed by atoms with Crippen LogP contribution in [0.5, 0.6) is 0 Å². The van der Waals surface area contributed by atoms with E-state index in [1.807, 2.05) is 0 Å². The zero-order valence-corrected chi connectivity index (χ0v) is 11.8. The van der Waals surface area contributed by atoms with E-state index in [9.17, 15) is 35.7 Å². The lowest BCUT2D eigenvalue weighted by Gasteiger charge is -2.43. The van der Waals surface area contributed by atoms with Gasteiger partial charge in [0.2, 0.25) is 5.79 Å². The Morgan fingerprint density at radius 3 is 2.04 bits per heavy atom. The van der Waals surface area contributed by atoms with Crippen molar-refractivity contribution in [2.45, 2.75) is 54.8 Å². The molecule has 0 aromatic heterocycles. The van der Waals surface area contributed by atoms with Gasteiger partial charge in [-0.2, -0.15) is 0 Å². The second-order valence-corrected chi connectivity index (χ2v) is 5.39. The van der Waals surface area contributed by atoms with Gasteiger partial charge in [-0.25, -0.2) is 0 Å². The van der Waals surface area contributed by atoms with E-state index in [0.29, 0.717) is 0 Å². The van der Waals surface area contributed by atoms with E-state index in [0.717, 1.165) is 0 Å². The molecule has 0 amide bonds. The normalized spacial score (nSPS) is 53.0. The summed E-state index contributed by atoms with van der Waals surface area (Å²) in [5.74, 6) is -2.51. The summed E-state index contributed by atoms with van der Waals surface area (Å²) in [7, 11) is 0. The summed E-state index contributed by atoms with van der Waals surface area (Å²) in [6.45, 7) is -5.01. The minimum absolute atomic E-state index is 0.759. The van der Waals surface area contributed by atoms with Crippen LogP contribution in [0.2, 0.25) is 0 Å². The van der Waals surface area contributed by atoms with Crippen LogP contribution in [0.3, 0.4) is 0 Å². The van der Waals surface area contributed by atoms with E-state index in [4.69, 9.17) is 22.1 Å². The van der Waals surface area contributed by atoms with Gasteiger partial charge in [-0.05, 0) is 0 Å². The molecule has 2 fully saturated rings. The quantitative estimate of drug-likeness (QED) is 0.237. The molecule has 0 aliphatic carbocycles. The topological polar surface area (TPSA) is 190 Å². The van der Waals surface area contributed by atoms with E-state index in [-0.39, 0.29) is 0 Å². The van der Waals surface area contributed by atoms with E-state index in [1.54, 1.807) is 0 Å². The van der Waals surface area contributed by atoms with Gasteiger partial charge in [0.25, 0.3) is 0 Å². The molecular weight excluding hydrogens is 320 g/mol. The van der Waals surface area contributed by atoms with Crippen molar-refractivity contribution in [3.05, 3.63) is 0 Å². The molecule has 11 heteroatoms. The standard InChI is InChI=1S/C12H22O11/c13-1-4-6(16)8(18)9(19)11(21-4)23-12(3-15)10(20)7(17)5(2-14)22-12/h4-11,13-20H,1-3H2/t4-,5-,6-,7-,8+,9-,10+,11-,12+/m1/s1/i2D2. The number of hydrogen-bond acceptors (Lipinski definition) is 11. The summed E-state index contributed by atoms with van der Waals surface area (Å²) in [5.41, 5.74) is 0. The van der Waals surface area contributed by atoms with Crippen LogP contribution in [0.1, 0.15) is 2.74 Å². The van der Waals surface area contributed by atoms with Crippen LogP contribution < -0.4 is 0 Å². The summed E-state index contributed by atoms with van der Waals surface area (Å²) in [6.07, 6.45) is -14.6. The zero-order chi connectivity index (χ0) is 19.2. The molecule has 0 radical (unpaired) electrons. The molecule has 2 aliphatic heterocycles. The molecule has 23 heavy (non-hydrogen) atoms. The van der Waals surface area contributed by atoms with Crippen LogP contribution in [-0.2, 0) is 14.2 Å². The molecule has 0 spiro atoms. The number of rotatable bonds is 5. The van der Waals surface area contributed by atoms with Crippen molar-refractivity contribution in [3.8, 4) is 0 Å². The Morgan fingerprint density at radius 2 is 1.57 bits per heavy atom. The molecule has 2 heterocycles. The highest BCUT2D eigenvalue weighted by Crippen LogP contribution is 2.35. The molecule has 0 saturated carbocycles. The van der Waals surface area contributed by atoms with E-state index >= 15 is 0 Å². The van der Waals surface area contributed by atoms with E-state index in [2.05, 4.69) is 0 Å². The van der Waals surface area contributed by atoms with Crippen LogP contribution in [0.15, 0.2) is 0 Å². The van der Waals surface area contributed by atoms with Gasteiger partial charge in [-0.1, -0.05) is 0 Å². The van der Waals surface area contributed by atoms with Crippen molar-refractivity contribution >= 4 is 0 Å². The summed E-state index contributed by atoms with van der Waals surface area (Å²) < 4.78 is 29.5. The maximum Gasteiger partial charge on any atom is 0.224 e. The van der Waals surface area contributed by atoms with Crippen LogP contribution in [-0.4, -0.2) is 115 Å². The molecule has 11 nitrogen and oxygen atoms in total. The van der Waals surface area contributed by atoms with Gasteiger partial charge >= 0.3 is 0 Å². The number of hydrogen-bond donors (Lipinski definition) is 8. The monoisotopic (exact) mass is 344 g/mol. The average molecular weight is 344 g/mol. The molecule has 2 saturated heterocycles. The van der Waals surface area contributed by atoms with Gasteiger partial charge in [-0.3, -0.25) is 0 Å². The van der Waals surface area contributed by atoms with Crippen molar-refractivity contribution in [2.75, 3.05) is 19.8 Å². The summed E-state index contributed by atoms with van der Waals surface area (Å²) in [5, 5.41) is 77.3. The predicted octanol–water partition coefficient (Wildman–Crippen LogP) is -5.40. The minimum atomic E-state index is -3.10. The molecular formula is C12H22O11. The third kappa shape index (κ3) is 3.23. The Labute approximate surface area is 133 Å². The first kappa shape index (κ1) is 16.1. The third-order valence-electron chi connectivity index (χ3n) is 3.92. The molecule has 0 aromatic rings. The summed E-state index contributed by atoms with van der Waals surface area (Å²) in [4.78, 5) is 0. The Morgan fingerprint density at radius 1 is 0.913 bits per heavy atom. The number of ether oxygens (including phenoxy) is 3. The van der Waals surface area contributed by atoms with Crippen LogP contribution in [0.4, 0.5) is 0 Å². The van der Waals surface area contributed by atoms with Crippen LogP contribution in [0, 0.1) is 0 Å². The molecule has 9 atom stereocenters. The first-order valence-electron chi connectivity index (χ1n) is 7.84. The highest BCUT2D eigenvalue weighted by molar-refractivity contribution is 4.98. The molecule has 2 rings (SSSR count). The van der Waals surface area contributed by atoms with Gasteiger partial charge < -0.3 is 55.1 Å². The summed E-state index contributed by atoms with van der Waals surface area (Å²) >= 11 is 0. The fraction of sp³-hybridized carbons (Fsp3) is 1.00. The maximum absolute atomic E-state index is 10.1. The Kier molecular flexibility index (Phi) is 5.03. The smallest absolute Gasteiger partial charge is 0.224 e. The van der Waals surface area contributed by atoms with Gasteiger partial charge in [0.15, 0.2) is 6.29 Å². The van der Waals surface area contributed by atoms with Gasteiger partial charge in [0.1, 0.15) is 49.3 Å². The van der Waals surface area contributed by atoms with Crippen molar-refractivity contribution in [1.29, 1.82) is 0 Å². The van der Waals surface area contributed by atoms with Crippen LogP contribution in [0.25, 0.3) is 0 Å². The maximum atomic E-state index is 10.1. The Balaban J connectivity index is 2.23. The average Bonchev–Trinajstić information content (AvgIpc) is 2.81. The molecule has 0 unspecified atom stereocenters. The first-order valence-corrected chi connectivity index (χ1v) is 6.84. The second kappa shape index (κ2) is 7.21. The zero-order valence-electron chi connectivity index (χ0n) is 13.8. The van der Waals surface area contributed by atoms with Gasteiger partial charge in [0.05, 0.1) is 15.9 Å². The largest absolute Gasteiger partial charge is 0.394 e. The lowest BCUT2D eigenvalue weighted by atomic mass is 9.99. The lowest BCUT2D eigenvalue weighted by Crippen LogP contribution is -2.62. The number of aliphatic hydroxyl groups is 8. The number of aliphatic hydroxyl groups excluding tert-OH is 7. The lowest BCUT2D eigenvalue weighted by molar-refractivity contribution is -0.383. The highest BCUT2D eigenvalue weighted by Gasteiger charge is 2.58. The van der Waals surface area contributed by atoms with E-state index in [1.165, 1.54) is 0 Å². The molecule has 136 valence electrons. The Hall–Kier alpha value is -0.440. The molecule has 8 N–H and O–H groups in total. The third-order valence-corrected chi connectivity index (χ3v) is 3.92. The van der Waals surface area contributed by atoms with Crippen LogP contribution >= 0.6 is 0 Å². The van der Waals surface area contributed by atoms with Gasteiger partial charge in [-0.15, -0.1) is 0 Å². The fourth-order valence-electron chi connectivity index (χ4n) is 2.51. The van der Waals surface area contributed by atoms with E-state index < -0.39 is 74.6 Å². The van der Waals surface area contributed by atoms with Crippen molar-refractivity contribution in [3.63, 3.8) is 0 Å². The first-order chi connectivity index (χ1) is 11.5.